The molecule has 0 N–H and O–H groups in total. The number of aryl methyl sites for hydroxylation is 1. The van der Waals surface area contributed by atoms with Crippen LogP contribution in [-0.2, 0) is 6.42 Å². The van der Waals surface area contributed by atoms with Crippen LogP contribution in [0.3, 0.4) is 0 Å². The van der Waals surface area contributed by atoms with Crippen LogP contribution in [0.15, 0.2) is 35.9 Å². The van der Waals surface area contributed by atoms with Gasteiger partial charge in [0.2, 0.25) is 0 Å². The molecule has 6 heteroatoms. The molecular weight excluding hydrogens is 483 g/mol. The standard InChI is InChI=1S/C27H44Cl2O2Si2/c1-9-10-11-12-22-16-25(30-32(5,6)18-28)27(26(17-22)31-33(7,8)19-29)24-15-21(4)13-14-23(24)20(2)3/h15-17,23-24H,2,9-14,18-19H2,1,3-8H3/t23-,24+/m1/s1. The van der Waals surface area contributed by atoms with E-state index >= 15 is 0 Å². The fourth-order valence-electron chi connectivity index (χ4n) is 4.43. The summed E-state index contributed by atoms with van der Waals surface area (Å²) < 4.78 is 13.6. The van der Waals surface area contributed by atoms with Gasteiger partial charge in [-0.05, 0) is 89.3 Å². The third kappa shape index (κ3) is 8.19. The largest absolute Gasteiger partial charge is 0.543 e. The fraction of sp³-hybridized carbons (Fsp3) is 0.630. The quantitative estimate of drug-likeness (QED) is 0.117. The highest BCUT2D eigenvalue weighted by Gasteiger charge is 2.35. The molecule has 186 valence electrons. The van der Waals surface area contributed by atoms with Gasteiger partial charge in [0.1, 0.15) is 11.5 Å². The number of allylic oxidation sites excluding steroid dienone is 3. The van der Waals surface area contributed by atoms with Crippen LogP contribution in [0.4, 0.5) is 0 Å². The van der Waals surface area contributed by atoms with Crippen molar-refractivity contribution in [3.8, 4) is 11.5 Å². The summed E-state index contributed by atoms with van der Waals surface area (Å²) in [7, 11) is -4.16. The van der Waals surface area contributed by atoms with Gasteiger partial charge in [-0.25, -0.2) is 0 Å². The van der Waals surface area contributed by atoms with Crippen molar-refractivity contribution in [3.63, 3.8) is 0 Å². The monoisotopic (exact) mass is 526 g/mol. The van der Waals surface area contributed by atoms with Gasteiger partial charge in [-0.15, -0.1) is 23.2 Å². The zero-order chi connectivity index (χ0) is 24.8. The minimum atomic E-state index is -2.08. The number of halogens is 2. The molecule has 0 heterocycles. The van der Waals surface area contributed by atoms with Crippen LogP contribution in [0.2, 0.25) is 26.2 Å². The second-order valence-corrected chi connectivity index (χ2v) is 20.6. The molecule has 0 fully saturated rings. The van der Waals surface area contributed by atoms with Gasteiger partial charge in [-0.3, -0.25) is 0 Å². The summed E-state index contributed by atoms with van der Waals surface area (Å²) in [6, 6.07) is 4.53. The van der Waals surface area contributed by atoms with Crippen LogP contribution in [0.5, 0.6) is 11.5 Å². The summed E-state index contributed by atoms with van der Waals surface area (Å²) >= 11 is 12.7. The van der Waals surface area contributed by atoms with Gasteiger partial charge in [0.15, 0.2) is 0 Å². The normalized spacial score (nSPS) is 19.2. The van der Waals surface area contributed by atoms with Crippen molar-refractivity contribution in [2.75, 3.05) is 11.0 Å². The molecule has 2 nitrogen and oxygen atoms in total. The Labute approximate surface area is 215 Å². The summed E-state index contributed by atoms with van der Waals surface area (Å²) in [5.41, 5.74) is 6.18. The van der Waals surface area contributed by atoms with Gasteiger partial charge < -0.3 is 8.85 Å². The van der Waals surface area contributed by atoms with Crippen molar-refractivity contribution in [3.05, 3.63) is 47.1 Å². The second-order valence-electron chi connectivity index (χ2n) is 11.0. The van der Waals surface area contributed by atoms with E-state index in [-0.39, 0.29) is 5.92 Å². The number of benzene rings is 1. The van der Waals surface area contributed by atoms with Gasteiger partial charge in [-0.1, -0.05) is 43.6 Å². The summed E-state index contributed by atoms with van der Waals surface area (Å²) in [5, 5.41) is 0. The van der Waals surface area contributed by atoms with E-state index in [1.807, 2.05) is 0 Å². The molecule has 2 atom stereocenters. The number of unbranched alkanes of at least 4 members (excludes halogenated alkanes) is 2. The number of hydrogen-bond donors (Lipinski definition) is 0. The Hall–Kier alpha value is -0.686. The van der Waals surface area contributed by atoms with Crippen molar-refractivity contribution in [1.82, 2.24) is 0 Å². The molecule has 0 bridgehead atoms. The first-order valence-electron chi connectivity index (χ1n) is 12.4. The van der Waals surface area contributed by atoms with Crippen molar-refractivity contribution in [2.24, 2.45) is 5.92 Å². The third-order valence-electron chi connectivity index (χ3n) is 6.36. The van der Waals surface area contributed by atoms with E-state index in [0.29, 0.717) is 16.9 Å². The molecule has 1 aromatic carbocycles. The molecule has 0 aliphatic heterocycles. The van der Waals surface area contributed by atoms with E-state index in [0.717, 1.165) is 42.7 Å². The Balaban J connectivity index is 2.74. The van der Waals surface area contributed by atoms with Crippen molar-refractivity contribution in [1.29, 1.82) is 0 Å². The van der Waals surface area contributed by atoms with Crippen LogP contribution >= 0.6 is 23.2 Å². The van der Waals surface area contributed by atoms with Gasteiger partial charge in [-0.2, -0.15) is 0 Å². The minimum Gasteiger partial charge on any atom is -0.543 e. The lowest BCUT2D eigenvalue weighted by molar-refractivity contribution is 0.447. The first-order chi connectivity index (χ1) is 15.4. The molecule has 0 aromatic heterocycles. The van der Waals surface area contributed by atoms with Gasteiger partial charge in [0.25, 0.3) is 16.6 Å². The van der Waals surface area contributed by atoms with Gasteiger partial charge >= 0.3 is 0 Å². The molecule has 0 spiro atoms. The molecule has 0 unspecified atom stereocenters. The van der Waals surface area contributed by atoms with E-state index < -0.39 is 16.6 Å². The van der Waals surface area contributed by atoms with E-state index in [1.165, 1.54) is 29.6 Å². The Morgan fingerprint density at radius 2 is 1.58 bits per heavy atom. The Kier molecular flexibility index (Phi) is 10.7. The Morgan fingerprint density at radius 3 is 2.03 bits per heavy atom. The van der Waals surface area contributed by atoms with Gasteiger partial charge in [0, 0.05) is 11.5 Å². The van der Waals surface area contributed by atoms with Crippen LogP contribution in [0.1, 0.15) is 69.9 Å². The maximum atomic E-state index is 6.78. The maximum Gasteiger partial charge on any atom is 0.259 e. The van der Waals surface area contributed by atoms with Crippen LogP contribution in [-0.4, -0.2) is 27.6 Å². The SMILES string of the molecule is C=C(C)[C@H]1CCC(C)=C[C@@H]1c1c(O[Si](C)(C)CCl)cc(CCCCC)cc1O[Si](C)(C)CCl. The zero-order valence-electron chi connectivity index (χ0n) is 21.8. The average Bonchev–Trinajstić information content (AvgIpc) is 2.73. The molecule has 0 saturated heterocycles. The van der Waals surface area contributed by atoms with Crippen molar-refractivity contribution >= 4 is 39.8 Å². The average molecular weight is 528 g/mol. The van der Waals surface area contributed by atoms with E-state index in [2.05, 4.69) is 71.7 Å². The second kappa shape index (κ2) is 12.3. The van der Waals surface area contributed by atoms with E-state index in [4.69, 9.17) is 32.1 Å². The molecule has 0 amide bonds. The highest BCUT2D eigenvalue weighted by atomic mass is 35.5. The third-order valence-corrected chi connectivity index (χ3v) is 13.1. The number of alkyl halides is 2. The van der Waals surface area contributed by atoms with Crippen molar-refractivity contribution in [2.45, 2.75) is 91.4 Å². The number of rotatable bonds is 12. The lowest BCUT2D eigenvalue weighted by Gasteiger charge is -2.36. The smallest absolute Gasteiger partial charge is 0.259 e. The Bertz CT molecular complexity index is 810. The first kappa shape index (κ1) is 28.6. The first-order valence-corrected chi connectivity index (χ1v) is 19.7. The highest BCUT2D eigenvalue weighted by Crippen LogP contribution is 2.48. The molecule has 2 rings (SSSR count). The molecule has 1 aliphatic rings. The summed E-state index contributed by atoms with van der Waals surface area (Å²) in [4.78, 5) is 0. The highest BCUT2D eigenvalue weighted by molar-refractivity contribution is 6.78. The summed E-state index contributed by atoms with van der Waals surface area (Å²) in [5.74, 6) is 2.47. The molecule has 1 aliphatic carbocycles. The minimum absolute atomic E-state index is 0.186. The van der Waals surface area contributed by atoms with E-state index in [9.17, 15) is 0 Å². The molecule has 1 aromatic rings. The lowest BCUT2D eigenvalue weighted by Crippen LogP contribution is -2.39. The molecule has 33 heavy (non-hydrogen) atoms. The van der Waals surface area contributed by atoms with Crippen LogP contribution in [0, 0.1) is 5.92 Å². The Morgan fingerprint density at radius 1 is 1.03 bits per heavy atom. The zero-order valence-corrected chi connectivity index (χ0v) is 25.3. The van der Waals surface area contributed by atoms with Crippen LogP contribution < -0.4 is 8.85 Å². The molecule has 0 saturated carbocycles. The van der Waals surface area contributed by atoms with Crippen LogP contribution in [0.25, 0.3) is 0 Å². The predicted octanol–water partition coefficient (Wildman–Crippen LogP) is 9.16. The maximum absolute atomic E-state index is 6.78. The topological polar surface area (TPSA) is 18.5 Å². The molecule has 0 radical (unpaired) electrons. The predicted molar refractivity (Wildman–Crippen MR) is 151 cm³/mol. The summed E-state index contributed by atoms with van der Waals surface area (Å²) in [6.45, 7) is 19.7. The van der Waals surface area contributed by atoms with Gasteiger partial charge in [0.05, 0.1) is 11.0 Å². The summed E-state index contributed by atoms with van der Waals surface area (Å²) in [6.07, 6.45) is 9.24. The fourth-order valence-corrected chi connectivity index (χ4v) is 6.40. The van der Waals surface area contributed by atoms with Crippen molar-refractivity contribution < 1.29 is 8.85 Å². The molecular formula is C27H44Cl2O2Si2. The lowest BCUT2D eigenvalue weighted by atomic mass is 9.73. The van der Waals surface area contributed by atoms with E-state index in [1.54, 1.807) is 0 Å². The number of hydrogen-bond acceptors (Lipinski definition) is 2.